The highest BCUT2D eigenvalue weighted by molar-refractivity contribution is 5.76. The quantitative estimate of drug-likeness (QED) is 0.0283. The van der Waals surface area contributed by atoms with Crippen LogP contribution >= 0.6 is 0 Å². The van der Waals surface area contributed by atoms with Crippen molar-refractivity contribution in [1.82, 2.24) is 5.32 Å². The van der Waals surface area contributed by atoms with Gasteiger partial charge in [-0.2, -0.15) is 0 Å². The van der Waals surface area contributed by atoms with Gasteiger partial charge in [0.1, 0.15) is 24.4 Å². The van der Waals surface area contributed by atoms with E-state index in [1.54, 1.807) is 6.08 Å². The predicted octanol–water partition coefficient (Wildman–Crippen LogP) is 8.17. The number of aliphatic hydroxyl groups is 5. The van der Waals surface area contributed by atoms with Gasteiger partial charge in [-0.25, -0.2) is 0 Å². The van der Waals surface area contributed by atoms with Crippen LogP contribution in [0.5, 0.6) is 0 Å². The number of allylic oxidation sites excluding steroid dienone is 1. The third-order valence-corrected chi connectivity index (χ3v) is 10.4. The third kappa shape index (κ3) is 24.8. The molecule has 1 aliphatic rings. The van der Waals surface area contributed by atoms with Crippen LogP contribution in [0, 0.1) is 0 Å². The topological polar surface area (TPSA) is 149 Å². The van der Waals surface area contributed by atoms with Crippen LogP contribution in [0.3, 0.4) is 0 Å². The zero-order chi connectivity index (χ0) is 37.4. The van der Waals surface area contributed by atoms with Gasteiger partial charge in [-0.1, -0.05) is 180 Å². The van der Waals surface area contributed by atoms with Crippen molar-refractivity contribution in [2.45, 2.75) is 236 Å². The summed E-state index contributed by atoms with van der Waals surface area (Å²) in [6.45, 7) is 3.76. The smallest absolute Gasteiger partial charge is 0.220 e. The van der Waals surface area contributed by atoms with E-state index in [4.69, 9.17) is 9.47 Å². The summed E-state index contributed by atoms with van der Waals surface area (Å²) in [4.78, 5) is 12.9. The number of unbranched alkanes of at least 4 members (excludes halogenated alkanes) is 25. The van der Waals surface area contributed by atoms with Crippen molar-refractivity contribution in [3.63, 3.8) is 0 Å². The fraction of sp³-hybridized carbons (Fsp3) is 0.929. The maximum absolute atomic E-state index is 12.9. The zero-order valence-electron chi connectivity index (χ0n) is 32.9. The lowest BCUT2D eigenvalue weighted by Crippen LogP contribution is -2.60. The van der Waals surface area contributed by atoms with E-state index < -0.39 is 49.5 Å². The minimum Gasteiger partial charge on any atom is -0.394 e. The van der Waals surface area contributed by atoms with Gasteiger partial charge in [0.05, 0.1) is 25.4 Å². The number of carbonyl (C=O) groups is 1. The molecule has 1 saturated heterocycles. The number of rotatable bonds is 35. The van der Waals surface area contributed by atoms with E-state index in [1.807, 2.05) is 6.08 Å². The fourth-order valence-corrected chi connectivity index (χ4v) is 6.86. The third-order valence-electron chi connectivity index (χ3n) is 10.4. The Hall–Kier alpha value is -1.07. The van der Waals surface area contributed by atoms with Crippen LogP contribution in [0.4, 0.5) is 0 Å². The lowest BCUT2D eigenvalue weighted by atomic mass is 9.99. The molecule has 0 aromatic rings. The van der Waals surface area contributed by atoms with Crippen LogP contribution in [0.2, 0.25) is 0 Å². The Labute approximate surface area is 312 Å². The van der Waals surface area contributed by atoms with Gasteiger partial charge < -0.3 is 40.3 Å². The highest BCUT2D eigenvalue weighted by Gasteiger charge is 2.44. The summed E-state index contributed by atoms with van der Waals surface area (Å²) in [6, 6.07) is -0.797. The van der Waals surface area contributed by atoms with E-state index in [2.05, 4.69) is 19.2 Å². The van der Waals surface area contributed by atoms with Crippen molar-refractivity contribution in [1.29, 1.82) is 0 Å². The Bertz CT molecular complexity index is 812. The molecule has 0 unspecified atom stereocenters. The average Bonchev–Trinajstić information content (AvgIpc) is 3.13. The van der Waals surface area contributed by atoms with Crippen molar-refractivity contribution >= 4 is 5.91 Å². The summed E-state index contributed by atoms with van der Waals surface area (Å²) in [7, 11) is 0. The molecule has 0 spiro atoms. The fourth-order valence-electron chi connectivity index (χ4n) is 6.86. The van der Waals surface area contributed by atoms with Gasteiger partial charge in [0.2, 0.25) is 5.91 Å². The van der Waals surface area contributed by atoms with E-state index in [0.717, 1.165) is 38.5 Å². The second kappa shape index (κ2) is 33.5. The van der Waals surface area contributed by atoms with Gasteiger partial charge in [-0.3, -0.25) is 4.79 Å². The van der Waals surface area contributed by atoms with Crippen LogP contribution < -0.4 is 5.32 Å². The van der Waals surface area contributed by atoms with Gasteiger partial charge in [-0.05, 0) is 19.3 Å². The molecular weight excluding hydrogens is 646 g/mol. The average molecular weight is 728 g/mol. The first-order valence-corrected chi connectivity index (χ1v) is 21.4. The zero-order valence-corrected chi connectivity index (χ0v) is 32.9. The monoisotopic (exact) mass is 728 g/mol. The van der Waals surface area contributed by atoms with Crippen LogP contribution in [0.1, 0.15) is 194 Å². The van der Waals surface area contributed by atoms with Crippen molar-refractivity contribution < 1.29 is 39.8 Å². The number of nitrogens with one attached hydrogen (secondary N) is 1. The number of aliphatic hydroxyl groups excluding tert-OH is 5. The molecule has 1 rings (SSSR count). The Balaban J connectivity index is 2.40. The van der Waals surface area contributed by atoms with Crippen LogP contribution in [0.25, 0.3) is 0 Å². The lowest BCUT2D eigenvalue weighted by molar-refractivity contribution is -0.302. The van der Waals surface area contributed by atoms with Gasteiger partial charge in [0.15, 0.2) is 6.29 Å². The Morgan fingerprint density at radius 1 is 0.647 bits per heavy atom. The predicted molar refractivity (Wildman–Crippen MR) is 207 cm³/mol. The molecule has 0 saturated carbocycles. The Morgan fingerprint density at radius 2 is 1.08 bits per heavy atom. The van der Waals surface area contributed by atoms with E-state index in [1.165, 1.54) is 135 Å². The first-order chi connectivity index (χ1) is 24.8. The first kappa shape index (κ1) is 48.0. The molecular formula is C42H81NO8. The molecule has 302 valence electrons. The number of amides is 1. The maximum atomic E-state index is 12.9. The molecule has 0 aliphatic carbocycles. The van der Waals surface area contributed by atoms with E-state index in [-0.39, 0.29) is 12.5 Å². The molecule has 6 N–H and O–H groups in total. The number of ether oxygens (including phenoxy) is 2. The van der Waals surface area contributed by atoms with E-state index >= 15 is 0 Å². The largest absolute Gasteiger partial charge is 0.394 e. The normalized spacial score (nSPS) is 22.1. The van der Waals surface area contributed by atoms with Crippen LogP contribution in [-0.2, 0) is 14.3 Å². The molecule has 1 amide bonds. The number of carbonyl (C=O) groups excluding carboxylic acids is 1. The molecule has 9 nitrogen and oxygen atoms in total. The number of hydrogen-bond acceptors (Lipinski definition) is 8. The molecule has 1 fully saturated rings. The van der Waals surface area contributed by atoms with Gasteiger partial charge >= 0.3 is 0 Å². The van der Waals surface area contributed by atoms with Crippen molar-refractivity contribution in [3.05, 3.63) is 12.2 Å². The molecule has 0 aromatic carbocycles. The van der Waals surface area contributed by atoms with Crippen molar-refractivity contribution in [3.8, 4) is 0 Å². The van der Waals surface area contributed by atoms with Crippen LogP contribution in [0.15, 0.2) is 12.2 Å². The minimum absolute atomic E-state index is 0.176. The second-order valence-electron chi connectivity index (χ2n) is 15.1. The molecule has 1 aliphatic heterocycles. The minimum atomic E-state index is -1.56. The summed E-state index contributed by atoms with van der Waals surface area (Å²) in [5, 5.41) is 54.0. The Morgan fingerprint density at radius 3 is 1.53 bits per heavy atom. The second-order valence-corrected chi connectivity index (χ2v) is 15.1. The molecule has 51 heavy (non-hydrogen) atoms. The lowest BCUT2D eigenvalue weighted by Gasteiger charge is -2.40. The van der Waals surface area contributed by atoms with Gasteiger partial charge in [-0.15, -0.1) is 0 Å². The molecule has 9 heteroatoms. The summed E-state index contributed by atoms with van der Waals surface area (Å²) in [6.07, 6.45) is 29.6. The standard InChI is InChI=1S/C42H81NO8/c1-3-5-7-9-11-13-15-17-18-20-21-23-25-27-29-31-36(45)35(34-50-42-41(49)40(48)39(47)37(33-44)51-42)43-38(46)32-30-28-26-24-22-19-16-14-12-10-8-6-4-2/h29,31,35-37,39-42,44-45,47-49H,3-28,30,32-34H2,1-2H3,(H,43,46)/b31-29+/t35-,36+,37+,39+,40-,41+,42+/m0/s1. The summed E-state index contributed by atoms with van der Waals surface area (Å²) in [5.74, 6) is -0.176. The molecule has 0 aromatic heterocycles. The van der Waals surface area contributed by atoms with E-state index in [0.29, 0.717) is 6.42 Å². The van der Waals surface area contributed by atoms with Crippen LogP contribution in [-0.4, -0.2) is 87.5 Å². The summed E-state index contributed by atoms with van der Waals surface area (Å²) in [5.41, 5.74) is 0. The molecule has 7 atom stereocenters. The highest BCUT2D eigenvalue weighted by atomic mass is 16.7. The highest BCUT2D eigenvalue weighted by Crippen LogP contribution is 2.22. The SMILES string of the molecule is CCCCCCCCCCCCCCC/C=C/[C@@H](O)[C@H](CO[C@@H]1O[C@H](CO)[C@@H](O)[C@H](O)[C@H]1O)NC(=O)CCCCCCCCCCCCCCC. The van der Waals surface area contributed by atoms with Gasteiger partial charge in [0, 0.05) is 6.42 Å². The van der Waals surface area contributed by atoms with E-state index in [9.17, 15) is 30.3 Å². The van der Waals surface area contributed by atoms with Gasteiger partial charge in [0.25, 0.3) is 0 Å². The van der Waals surface area contributed by atoms with Crippen molar-refractivity contribution in [2.75, 3.05) is 13.2 Å². The molecule has 0 bridgehead atoms. The Kier molecular flexibility index (Phi) is 31.5. The van der Waals surface area contributed by atoms with Crippen molar-refractivity contribution in [2.24, 2.45) is 0 Å². The summed E-state index contributed by atoms with van der Waals surface area (Å²) < 4.78 is 11.2. The molecule has 0 radical (unpaired) electrons. The first-order valence-electron chi connectivity index (χ1n) is 21.4. The maximum Gasteiger partial charge on any atom is 0.220 e. The number of hydrogen-bond donors (Lipinski definition) is 6. The molecule has 1 heterocycles. The summed E-state index contributed by atoms with van der Waals surface area (Å²) >= 11 is 0.